The molecule has 0 spiro atoms. The van der Waals surface area contributed by atoms with Gasteiger partial charge in [0.2, 0.25) is 0 Å². The van der Waals surface area contributed by atoms with Gasteiger partial charge in [0, 0.05) is 17.2 Å². The first kappa shape index (κ1) is 15.3. The molecule has 2 rings (SSSR count). The number of benzene rings is 2. The van der Waals surface area contributed by atoms with Crippen molar-refractivity contribution in [2.45, 2.75) is 0 Å². The number of nitrogens with zero attached hydrogens (tertiary/aromatic N) is 1. The molecule has 0 aliphatic heterocycles. The molecule has 0 aliphatic carbocycles. The van der Waals surface area contributed by atoms with Crippen LogP contribution in [-0.4, -0.2) is 30.2 Å². The molecule has 0 radical (unpaired) electrons. The molecule has 2 aromatic carbocycles. The first-order valence-electron chi connectivity index (χ1n) is 6.22. The van der Waals surface area contributed by atoms with E-state index in [4.69, 9.17) is 9.47 Å². The lowest BCUT2D eigenvalue weighted by Gasteiger charge is -2.12. The van der Waals surface area contributed by atoms with Crippen molar-refractivity contribution in [2.75, 3.05) is 14.2 Å². The fourth-order valence-corrected chi connectivity index (χ4v) is 2.14. The Bertz CT molecular complexity index is 741. The van der Waals surface area contributed by atoms with Crippen molar-refractivity contribution < 1.29 is 24.3 Å². The fourth-order valence-electron chi connectivity index (χ4n) is 2.14. The maximum Gasteiger partial charge on any atom is 0.336 e. The van der Waals surface area contributed by atoms with Crippen LogP contribution in [0.3, 0.4) is 0 Å². The van der Waals surface area contributed by atoms with Gasteiger partial charge in [-0.25, -0.2) is 4.79 Å². The normalized spacial score (nSPS) is 10.1. The average molecular weight is 303 g/mol. The molecule has 0 aliphatic rings. The number of nitro groups is 1. The van der Waals surface area contributed by atoms with E-state index >= 15 is 0 Å². The maximum absolute atomic E-state index is 11.5. The summed E-state index contributed by atoms with van der Waals surface area (Å²) in [6.45, 7) is 0. The average Bonchev–Trinajstić information content (AvgIpc) is 2.53. The van der Waals surface area contributed by atoms with E-state index in [0.29, 0.717) is 11.3 Å². The van der Waals surface area contributed by atoms with E-state index in [2.05, 4.69) is 0 Å². The number of carboxylic acids is 1. The second kappa shape index (κ2) is 6.13. The van der Waals surface area contributed by atoms with Crippen LogP contribution in [0.2, 0.25) is 0 Å². The topological polar surface area (TPSA) is 98.9 Å². The van der Waals surface area contributed by atoms with Crippen molar-refractivity contribution >= 4 is 11.7 Å². The molecule has 22 heavy (non-hydrogen) atoms. The van der Waals surface area contributed by atoms with Crippen molar-refractivity contribution in [2.24, 2.45) is 0 Å². The lowest BCUT2D eigenvalue weighted by atomic mass is 9.97. The Balaban J connectivity index is 2.79. The summed E-state index contributed by atoms with van der Waals surface area (Å²) in [5, 5.41) is 20.4. The third-order valence-corrected chi connectivity index (χ3v) is 3.14. The summed E-state index contributed by atoms with van der Waals surface area (Å²) in [5.41, 5.74) is 0.193. The zero-order chi connectivity index (χ0) is 16.3. The lowest BCUT2D eigenvalue weighted by molar-refractivity contribution is -0.385. The van der Waals surface area contributed by atoms with Gasteiger partial charge < -0.3 is 14.6 Å². The molecular formula is C15H13NO6. The fraction of sp³-hybridized carbons (Fsp3) is 0.133. The molecule has 0 heterocycles. The van der Waals surface area contributed by atoms with Crippen LogP contribution in [0.5, 0.6) is 11.5 Å². The second-order valence-corrected chi connectivity index (χ2v) is 4.33. The summed E-state index contributed by atoms with van der Waals surface area (Å²) in [7, 11) is 2.75. The summed E-state index contributed by atoms with van der Waals surface area (Å²) in [4.78, 5) is 21.8. The molecule has 0 aromatic heterocycles. The first-order valence-corrected chi connectivity index (χ1v) is 6.22. The van der Waals surface area contributed by atoms with E-state index in [9.17, 15) is 20.0 Å². The smallest absolute Gasteiger partial charge is 0.336 e. The zero-order valence-electron chi connectivity index (χ0n) is 11.9. The Kier molecular flexibility index (Phi) is 4.26. The molecule has 0 bridgehead atoms. The Labute approximate surface area is 125 Å². The largest absolute Gasteiger partial charge is 0.496 e. The molecule has 7 heteroatoms. The summed E-state index contributed by atoms with van der Waals surface area (Å²) < 4.78 is 10.2. The second-order valence-electron chi connectivity index (χ2n) is 4.33. The number of carboxylic acid groups (broad SMARTS) is 1. The Morgan fingerprint density at radius 3 is 2.27 bits per heavy atom. The Morgan fingerprint density at radius 2 is 1.73 bits per heavy atom. The standard InChI is InChI=1S/C15H13NO6/c1-21-13-6-4-3-5-9(13)10-8-14(22-2)12(16(19)20)7-11(10)15(17)18/h3-8H,1-2H3,(H,17,18). The number of aromatic carboxylic acids is 1. The highest BCUT2D eigenvalue weighted by Gasteiger charge is 2.24. The van der Waals surface area contributed by atoms with Crippen LogP contribution in [0, 0.1) is 10.1 Å². The van der Waals surface area contributed by atoms with E-state index in [1.807, 2.05) is 0 Å². The van der Waals surface area contributed by atoms with Crippen molar-refractivity contribution in [3.63, 3.8) is 0 Å². The Morgan fingerprint density at radius 1 is 1.09 bits per heavy atom. The summed E-state index contributed by atoms with van der Waals surface area (Å²) in [6, 6.07) is 9.13. The predicted molar refractivity (Wildman–Crippen MR) is 78.6 cm³/mol. The number of methoxy groups -OCH3 is 2. The van der Waals surface area contributed by atoms with Crippen LogP contribution in [0.1, 0.15) is 10.4 Å². The minimum absolute atomic E-state index is 0.0177. The third kappa shape index (κ3) is 2.69. The highest BCUT2D eigenvalue weighted by atomic mass is 16.6. The van der Waals surface area contributed by atoms with E-state index in [1.54, 1.807) is 24.3 Å². The number of carbonyl (C=O) groups is 1. The predicted octanol–water partition coefficient (Wildman–Crippen LogP) is 2.98. The van der Waals surface area contributed by atoms with Gasteiger partial charge in [0.25, 0.3) is 0 Å². The molecule has 7 nitrogen and oxygen atoms in total. The van der Waals surface area contributed by atoms with Crippen LogP contribution in [0.15, 0.2) is 36.4 Å². The van der Waals surface area contributed by atoms with Crippen LogP contribution in [0.4, 0.5) is 5.69 Å². The van der Waals surface area contributed by atoms with Gasteiger partial charge in [-0.3, -0.25) is 10.1 Å². The molecule has 0 atom stereocenters. The van der Waals surface area contributed by atoms with Crippen molar-refractivity contribution in [3.05, 3.63) is 52.1 Å². The SMILES string of the molecule is COc1ccccc1-c1cc(OC)c([N+](=O)[O-])cc1C(=O)O. The molecule has 0 fully saturated rings. The monoisotopic (exact) mass is 303 g/mol. The Hall–Kier alpha value is -3.09. The van der Waals surface area contributed by atoms with E-state index in [0.717, 1.165) is 6.07 Å². The van der Waals surface area contributed by atoms with Gasteiger partial charge in [-0.15, -0.1) is 0 Å². The molecule has 0 saturated carbocycles. The summed E-state index contributed by atoms with van der Waals surface area (Å²) in [5.74, 6) is -0.830. The molecule has 0 amide bonds. The third-order valence-electron chi connectivity index (χ3n) is 3.14. The molecule has 2 aromatic rings. The van der Waals surface area contributed by atoms with Gasteiger partial charge >= 0.3 is 11.7 Å². The van der Waals surface area contributed by atoms with Crippen LogP contribution in [0.25, 0.3) is 11.1 Å². The molecule has 114 valence electrons. The molecular weight excluding hydrogens is 290 g/mol. The van der Waals surface area contributed by atoms with Gasteiger partial charge in [-0.2, -0.15) is 0 Å². The highest BCUT2D eigenvalue weighted by Crippen LogP contribution is 2.39. The van der Waals surface area contributed by atoms with Crippen molar-refractivity contribution in [1.29, 1.82) is 0 Å². The van der Waals surface area contributed by atoms with Gasteiger partial charge in [0.05, 0.1) is 24.7 Å². The quantitative estimate of drug-likeness (QED) is 0.673. The first-order chi connectivity index (χ1) is 10.5. The van der Waals surface area contributed by atoms with Gasteiger partial charge in [-0.1, -0.05) is 18.2 Å². The lowest BCUT2D eigenvalue weighted by Crippen LogP contribution is -2.04. The minimum Gasteiger partial charge on any atom is -0.496 e. The minimum atomic E-state index is -1.27. The number of hydrogen-bond acceptors (Lipinski definition) is 5. The van der Waals surface area contributed by atoms with Gasteiger partial charge in [0.1, 0.15) is 5.75 Å². The van der Waals surface area contributed by atoms with E-state index in [-0.39, 0.29) is 16.9 Å². The van der Waals surface area contributed by atoms with Crippen molar-refractivity contribution in [1.82, 2.24) is 0 Å². The van der Waals surface area contributed by atoms with Gasteiger partial charge in [0.15, 0.2) is 5.75 Å². The number of nitro benzene ring substituents is 1. The molecule has 1 N–H and O–H groups in total. The number of rotatable bonds is 5. The summed E-state index contributed by atoms with van der Waals surface area (Å²) >= 11 is 0. The van der Waals surface area contributed by atoms with Crippen molar-refractivity contribution in [3.8, 4) is 22.6 Å². The highest BCUT2D eigenvalue weighted by molar-refractivity contribution is 5.98. The molecule has 0 unspecified atom stereocenters. The number of hydrogen-bond donors (Lipinski definition) is 1. The van der Waals surface area contributed by atoms with E-state index < -0.39 is 16.6 Å². The van der Waals surface area contributed by atoms with Crippen LogP contribution >= 0.6 is 0 Å². The maximum atomic E-state index is 11.5. The van der Waals surface area contributed by atoms with E-state index in [1.165, 1.54) is 20.3 Å². The number of ether oxygens (including phenoxy) is 2. The zero-order valence-corrected chi connectivity index (χ0v) is 11.9. The number of para-hydroxylation sites is 1. The van der Waals surface area contributed by atoms with Crippen LogP contribution in [-0.2, 0) is 0 Å². The van der Waals surface area contributed by atoms with Crippen LogP contribution < -0.4 is 9.47 Å². The summed E-state index contributed by atoms with van der Waals surface area (Å²) in [6.07, 6.45) is 0. The molecule has 0 saturated heterocycles. The van der Waals surface area contributed by atoms with Gasteiger partial charge in [-0.05, 0) is 12.1 Å².